The number of nitro benzene ring substituents is 1. The molecule has 1 N–H and O–H groups in total. The van der Waals surface area contributed by atoms with Gasteiger partial charge in [0.25, 0.3) is 11.6 Å². The minimum atomic E-state index is -0.635. The molecule has 10 heteroatoms. The second kappa shape index (κ2) is 8.47. The first-order chi connectivity index (χ1) is 12.9. The first kappa shape index (κ1) is 19.3. The molecule has 0 saturated heterocycles. The van der Waals surface area contributed by atoms with E-state index < -0.39 is 10.8 Å². The van der Waals surface area contributed by atoms with Crippen molar-refractivity contribution < 1.29 is 9.72 Å². The third-order valence-electron chi connectivity index (χ3n) is 3.51. The molecule has 0 atom stereocenters. The number of benzene rings is 2. The molecular formula is C17H13ClN4O3S2. The largest absolute Gasteiger partial charge is 0.296 e. The SMILES string of the molecule is Cc1ccc(CSc2nnc(NC(=O)c3ccc(Cl)c([N+](=O)[O-])c3)s2)cc1. The highest BCUT2D eigenvalue weighted by Crippen LogP contribution is 2.29. The van der Waals surface area contributed by atoms with Crippen LogP contribution in [0.4, 0.5) is 10.8 Å². The van der Waals surface area contributed by atoms with E-state index in [1.807, 2.05) is 19.1 Å². The Morgan fingerprint density at radius 3 is 2.70 bits per heavy atom. The van der Waals surface area contributed by atoms with Crippen LogP contribution in [0.2, 0.25) is 5.02 Å². The molecular weight excluding hydrogens is 408 g/mol. The predicted molar refractivity (Wildman–Crippen MR) is 107 cm³/mol. The van der Waals surface area contributed by atoms with Crippen molar-refractivity contribution in [2.45, 2.75) is 17.0 Å². The molecule has 138 valence electrons. The van der Waals surface area contributed by atoms with Crippen molar-refractivity contribution in [1.82, 2.24) is 10.2 Å². The molecule has 3 rings (SSSR count). The van der Waals surface area contributed by atoms with Crippen LogP contribution in [-0.4, -0.2) is 21.0 Å². The van der Waals surface area contributed by atoms with Gasteiger partial charge in [-0.05, 0) is 24.6 Å². The molecule has 0 aliphatic heterocycles. The number of carbonyl (C=O) groups excluding carboxylic acids is 1. The quantitative estimate of drug-likeness (QED) is 0.262. The Morgan fingerprint density at radius 1 is 1.26 bits per heavy atom. The molecule has 0 radical (unpaired) electrons. The maximum atomic E-state index is 12.3. The molecule has 0 aliphatic carbocycles. The number of aryl methyl sites for hydroxylation is 1. The average molecular weight is 421 g/mol. The van der Waals surface area contributed by atoms with Crippen molar-refractivity contribution in [2.75, 3.05) is 5.32 Å². The van der Waals surface area contributed by atoms with Crippen LogP contribution in [-0.2, 0) is 5.75 Å². The normalized spacial score (nSPS) is 10.6. The predicted octanol–water partition coefficient (Wildman–Crippen LogP) is 4.95. The standard InChI is InChI=1S/C17H13ClN4O3S2/c1-10-2-4-11(5-3-10)9-26-17-21-20-16(27-17)19-15(23)12-6-7-13(18)14(8-12)22(24)25/h2-8H,9H2,1H3,(H,19,20,23). The number of amides is 1. The summed E-state index contributed by atoms with van der Waals surface area (Å²) in [5.74, 6) is 0.229. The summed E-state index contributed by atoms with van der Waals surface area (Å²) in [5.41, 5.74) is 2.16. The lowest BCUT2D eigenvalue weighted by Crippen LogP contribution is -2.12. The van der Waals surface area contributed by atoms with Gasteiger partial charge in [-0.15, -0.1) is 10.2 Å². The van der Waals surface area contributed by atoms with Crippen LogP contribution in [0.5, 0.6) is 0 Å². The van der Waals surface area contributed by atoms with E-state index in [1.165, 1.54) is 46.4 Å². The van der Waals surface area contributed by atoms with Crippen molar-refractivity contribution in [2.24, 2.45) is 0 Å². The summed E-state index contributed by atoms with van der Waals surface area (Å²) in [6, 6.07) is 12.1. The van der Waals surface area contributed by atoms with E-state index in [0.29, 0.717) is 9.47 Å². The van der Waals surface area contributed by atoms with E-state index >= 15 is 0 Å². The van der Waals surface area contributed by atoms with Gasteiger partial charge in [0.1, 0.15) is 5.02 Å². The molecule has 0 bridgehead atoms. The highest BCUT2D eigenvalue weighted by Gasteiger charge is 2.17. The summed E-state index contributed by atoms with van der Waals surface area (Å²) < 4.78 is 0.716. The van der Waals surface area contributed by atoms with Gasteiger partial charge in [-0.3, -0.25) is 20.2 Å². The van der Waals surface area contributed by atoms with Crippen molar-refractivity contribution >= 4 is 51.4 Å². The Labute approximate surface area is 167 Å². The molecule has 0 saturated carbocycles. The molecule has 1 amide bonds. The molecule has 7 nitrogen and oxygen atoms in total. The van der Waals surface area contributed by atoms with E-state index in [-0.39, 0.29) is 16.3 Å². The molecule has 27 heavy (non-hydrogen) atoms. The molecule has 3 aromatic rings. The second-order valence-corrected chi connectivity index (χ2v) is 8.13. The lowest BCUT2D eigenvalue weighted by atomic mass is 10.2. The summed E-state index contributed by atoms with van der Waals surface area (Å²) in [5, 5.41) is 21.8. The lowest BCUT2D eigenvalue weighted by molar-refractivity contribution is -0.384. The van der Waals surface area contributed by atoms with Crippen LogP contribution in [0.25, 0.3) is 0 Å². The van der Waals surface area contributed by atoms with Gasteiger partial charge < -0.3 is 0 Å². The number of nitro groups is 1. The number of nitrogens with zero attached hydrogens (tertiary/aromatic N) is 3. The molecule has 0 aliphatic rings. The number of carbonyl (C=O) groups is 1. The number of anilines is 1. The number of halogens is 1. The van der Waals surface area contributed by atoms with Crippen molar-refractivity contribution in [3.8, 4) is 0 Å². The monoisotopic (exact) mass is 420 g/mol. The Hall–Kier alpha value is -2.49. The fourth-order valence-electron chi connectivity index (χ4n) is 2.11. The molecule has 2 aromatic carbocycles. The minimum Gasteiger partial charge on any atom is -0.296 e. The number of aromatic nitrogens is 2. The fourth-order valence-corrected chi connectivity index (χ4v) is 4.00. The van der Waals surface area contributed by atoms with E-state index in [2.05, 4.69) is 27.6 Å². The Morgan fingerprint density at radius 2 is 2.00 bits per heavy atom. The summed E-state index contributed by atoms with van der Waals surface area (Å²) in [6.45, 7) is 2.03. The van der Waals surface area contributed by atoms with Gasteiger partial charge in [-0.25, -0.2) is 0 Å². The van der Waals surface area contributed by atoms with E-state index in [0.717, 1.165) is 11.8 Å². The summed E-state index contributed by atoms with van der Waals surface area (Å²) >= 11 is 8.52. The van der Waals surface area contributed by atoms with Crippen molar-refractivity contribution in [3.05, 3.63) is 74.3 Å². The maximum absolute atomic E-state index is 12.3. The summed E-state index contributed by atoms with van der Waals surface area (Å²) in [6.07, 6.45) is 0. The van der Waals surface area contributed by atoms with Crippen LogP contribution in [0.3, 0.4) is 0 Å². The van der Waals surface area contributed by atoms with Crippen LogP contribution in [0, 0.1) is 17.0 Å². The van der Waals surface area contributed by atoms with Gasteiger partial charge in [0, 0.05) is 17.4 Å². The molecule has 1 aromatic heterocycles. The Balaban J connectivity index is 1.63. The lowest BCUT2D eigenvalue weighted by Gasteiger charge is -2.02. The molecule has 0 spiro atoms. The zero-order valence-corrected chi connectivity index (χ0v) is 16.4. The van der Waals surface area contributed by atoms with Gasteiger partial charge >= 0.3 is 0 Å². The van der Waals surface area contributed by atoms with Crippen molar-refractivity contribution in [1.29, 1.82) is 0 Å². The van der Waals surface area contributed by atoms with Crippen LogP contribution in [0.1, 0.15) is 21.5 Å². The Kier molecular flexibility index (Phi) is 6.04. The zero-order chi connectivity index (χ0) is 19.4. The first-order valence-electron chi connectivity index (χ1n) is 7.69. The number of nitrogens with one attached hydrogen (secondary N) is 1. The third kappa shape index (κ3) is 5.03. The van der Waals surface area contributed by atoms with E-state index in [1.54, 1.807) is 0 Å². The van der Waals surface area contributed by atoms with Gasteiger partial charge in [0.05, 0.1) is 4.92 Å². The van der Waals surface area contributed by atoms with Crippen LogP contribution in [0.15, 0.2) is 46.8 Å². The van der Waals surface area contributed by atoms with Gasteiger partial charge in [-0.2, -0.15) is 0 Å². The second-order valence-electron chi connectivity index (χ2n) is 5.52. The number of hydrogen-bond acceptors (Lipinski definition) is 7. The highest BCUT2D eigenvalue weighted by atomic mass is 35.5. The first-order valence-corrected chi connectivity index (χ1v) is 9.87. The zero-order valence-electron chi connectivity index (χ0n) is 14.0. The maximum Gasteiger partial charge on any atom is 0.288 e. The summed E-state index contributed by atoms with van der Waals surface area (Å²) in [4.78, 5) is 22.6. The topological polar surface area (TPSA) is 98.0 Å². The van der Waals surface area contributed by atoms with Gasteiger partial charge in [0.2, 0.25) is 5.13 Å². The molecule has 0 unspecified atom stereocenters. The smallest absolute Gasteiger partial charge is 0.288 e. The highest BCUT2D eigenvalue weighted by molar-refractivity contribution is 8.00. The van der Waals surface area contributed by atoms with Gasteiger partial charge in [-0.1, -0.05) is 64.5 Å². The van der Waals surface area contributed by atoms with E-state index in [4.69, 9.17) is 11.6 Å². The van der Waals surface area contributed by atoms with Crippen LogP contribution >= 0.6 is 34.7 Å². The number of thioether (sulfide) groups is 1. The van der Waals surface area contributed by atoms with Crippen LogP contribution < -0.4 is 5.32 Å². The minimum absolute atomic E-state index is 0.0257. The number of rotatable bonds is 6. The van der Waals surface area contributed by atoms with Gasteiger partial charge in [0.15, 0.2) is 4.34 Å². The third-order valence-corrected chi connectivity index (χ3v) is 5.88. The number of hydrogen-bond donors (Lipinski definition) is 1. The molecule has 0 fully saturated rings. The van der Waals surface area contributed by atoms with Crippen molar-refractivity contribution in [3.63, 3.8) is 0 Å². The summed E-state index contributed by atoms with van der Waals surface area (Å²) in [7, 11) is 0. The van der Waals surface area contributed by atoms with E-state index in [9.17, 15) is 14.9 Å². The average Bonchev–Trinajstić information content (AvgIpc) is 3.08. The molecule has 1 heterocycles. The Bertz CT molecular complexity index is 992. The fraction of sp³-hybridized carbons (Fsp3) is 0.118.